The molecular weight excluding hydrogens is 366 g/mol. The Bertz CT molecular complexity index is 660. The molecule has 0 bridgehead atoms. The van der Waals surface area contributed by atoms with Gasteiger partial charge >= 0.3 is 0 Å². The molecule has 160 valence electrons. The number of benzene rings is 1. The van der Waals surface area contributed by atoms with Crippen LogP contribution in [0.1, 0.15) is 51.9 Å². The predicted molar refractivity (Wildman–Crippen MR) is 115 cm³/mol. The number of nitrogens with one attached hydrogen (secondary N) is 1. The lowest BCUT2D eigenvalue weighted by Crippen LogP contribution is -2.49. The molecule has 2 aliphatic rings. The quantitative estimate of drug-likeness (QED) is 0.759. The second kappa shape index (κ2) is 10.6. The maximum absolute atomic E-state index is 12.6. The van der Waals surface area contributed by atoms with Crippen molar-refractivity contribution in [2.24, 2.45) is 5.92 Å². The van der Waals surface area contributed by atoms with E-state index < -0.39 is 0 Å². The van der Waals surface area contributed by atoms with Gasteiger partial charge in [0.05, 0.1) is 7.11 Å². The fourth-order valence-corrected chi connectivity index (χ4v) is 4.41. The Morgan fingerprint density at radius 2 is 1.69 bits per heavy atom. The van der Waals surface area contributed by atoms with Gasteiger partial charge in [0.1, 0.15) is 5.75 Å². The molecule has 2 saturated heterocycles. The van der Waals surface area contributed by atoms with Crippen molar-refractivity contribution >= 4 is 17.5 Å². The standard InChI is InChI=1S/C23H35N3O3/c1-3-4-5-22(27)26-16-12-20(13-17-26)25-14-10-18(11-15-25)23(28)24-19-6-8-21(29-2)9-7-19/h6-9,18,20H,3-5,10-17H2,1-2H3,(H,24,28). The molecule has 2 aliphatic heterocycles. The van der Waals surface area contributed by atoms with Crippen molar-refractivity contribution in [3.8, 4) is 5.75 Å². The molecule has 0 radical (unpaired) electrons. The first-order chi connectivity index (χ1) is 14.1. The van der Waals surface area contributed by atoms with Crippen molar-refractivity contribution < 1.29 is 14.3 Å². The highest BCUT2D eigenvalue weighted by Crippen LogP contribution is 2.25. The Hall–Kier alpha value is -2.08. The SMILES string of the molecule is CCCCC(=O)N1CCC(N2CCC(C(=O)Nc3ccc(OC)cc3)CC2)CC1. The number of amides is 2. The highest BCUT2D eigenvalue weighted by molar-refractivity contribution is 5.92. The largest absolute Gasteiger partial charge is 0.497 e. The summed E-state index contributed by atoms with van der Waals surface area (Å²) in [6.45, 7) is 5.82. The number of rotatable bonds is 7. The molecule has 3 rings (SSSR count). The Kier molecular flexibility index (Phi) is 7.92. The summed E-state index contributed by atoms with van der Waals surface area (Å²) in [6.07, 6.45) is 6.67. The lowest BCUT2D eigenvalue weighted by molar-refractivity contribution is -0.133. The summed E-state index contributed by atoms with van der Waals surface area (Å²) >= 11 is 0. The van der Waals surface area contributed by atoms with E-state index in [2.05, 4.69) is 17.1 Å². The second-order valence-electron chi connectivity index (χ2n) is 8.24. The van der Waals surface area contributed by atoms with E-state index in [4.69, 9.17) is 4.74 Å². The number of likely N-dealkylation sites (tertiary alicyclic amines) is 2. The number of unbranched alkanes of at least 4 members (excludes halogenated alkanes) is 1. The molecule has 0 unspecified atom stereocenters. The summed E-state index contributed by atoms with van der Waals surface area (Å²) < 4.78 is 5.16. The topological polar surface area (TPSA) is 61.9 Å². The van der Waals surface area contributed by atoms with Crippen LogP contribution in [0.2, 0.25) is 0 Å². The van der Waals surface area contributed by atoms with Gasteiger partial charge in [-0.05, 0) is 69.5 Å². The van der Waals surface area contributed by atoms with Gasteiger partial charge in [-0.2, -0.15) is 0 Å². The Morgan fingerprint density at radius 1 is 1.03 bits per heavy atom. The summed E-state index contributed by atoms with van der Waals surface area (Å²) in [5.41, 5.74) is 0.818. The first-order valence-electron chi connectivity index (χ1n) is 11.1. The third-order valence-electron chi connectivity index (χ3n) is 6.34. The van der Waals surface area contributed by atoms with Crippen LogP contribution in [0.3, 0.4) is 0 Å². The molecule has 0 aliphatic carbocycles. The average molecular weight is 402 g/mol. The number of ether oxygens (including phenoxy) is 1. The third-order valence-corrected chi connectivity index (χ3v) is 6.34. The van der Waals surface area contributed by atoms with Crippen LogP contribution in [-0.4, -0.2) is 60.9 Å². The van der Waals surface area contributed by atoms with Gasteiger partial charge in [-0.1, -0.05) is 13.3 Å². The van der Waals surface area contributed by atoms with Crippen LogP contribution >= 0.6 is 0 Å². The van der Waals surface area contributed by atoms with Gasteiger partial charge < -0.3 is 19.9 Å². The van der Waals surface area contributed by atoms with Crippen LogP contribution in [0.25, 0.3) is 0 Å². The minimum atomic E-state index is 0.0732. The molecule has 2 amide bonds. The van der Waals surface area contributed by atoms with Crippen molar-refractivity contribution in [2.45, 2.75) is 57.9 Å². The fourth-order valence-electron chi connectivity index (χ4n) is 4.41. The average Bonchev–Trinajstić information content (AvgIpc) is 2.78. The highest BCUT2D eigenvalue weighted by atomic mass is 16.5. The molecule has 2 fully saturated rings. The normalized spacial score (nSPS) is 19.2. The van der Waals surface area contributed by atoms with E-state index in [1.807, 2.05) is 29.2 Å². The molecule has 0 aromatic heterocycles. The van der Waals surface area contributed by atoms with Gasteiger partial charge in [-0.15, -0.1) is 0 Å². The van der Waals surface area contributed by atoms with Gasteiger partial charge in [-0.3, -0.25) is 9.59 Å². The molecule has 6 nitrogen and oxygen atoms in total. The van der Waals surface area contributed by atoms with E-state index in [1.54, 1.807) is 7.11 Å². The van der Waals surface area contributed by atoms with Gasteiger partial charge in [0.25, 0.3) is 0 Å². The number of hydrogen-bond acceptors (Lipinski definition) is 4. The Morgan fingerprint density at radius 3 is 2.28 bits per heavy atom. The predicted octanol–water partition coefficient (Wildman–Crippen LogP) is 3.53. The molecule has 1 aromatic carbocycles. The lowest BCUT2D eigenvalue weighted by atomic mass is 9.92. The lowest BCUT2D eigenvalue weighted by Gasteiger charge is -2.41. The number of carbonyl (C=O) groups excluding carboxylic acids is 2. The van der Waals surface area contributed by atoms with Crippen molar-refractivity contribution in [2.75, 3.05) is 38.6 Å². The molecule has 0 saturated carbocycles. The van der Waals surface area contributed by atoms with Crippen molar-refractivity contribution in [1.82, 2.24) is 9.80 Å². The number of anilines is 1. The van der Waals surface area contributed by atoms with Gasteiger partial charge in [0.2, 0.25) is 11.8 Å². The van der Waals surface area contributed by atoms with E-state index in [0.29, 0.717) is 18.4 Å². The summed E-state index contributed by atoms with van der Waals surface area (Å²) in [5, 5.41) is 3.04. The summed E-state index contributed by atoms with van der Waals surface area (Å²) in [6, 6.07) is 8.02. The molecule has 0 spiro atoms. The number of methoxy groups -OCH3 is 1. The first-order valence-corrected chi connectivity index (χ1v) is 11.1. The molecule has 2 heterocycles. The van der Waals surface area contributed by atoms with Crippen LogP contribution in [-0.2, 0) is 9.59 Å². The maximum atomic E-state index is 12.6. The number of nitrogens with zero attached hydrogens (tertiary/aromatic N) is 2. The Balaban J connectivity index is 1.40. The molecular formula is C23H35N3O3. The minimum Gasteiger partial charge on any atom is -0.497 e. The van der Waals surface area contributed by atoms with Crippen molar-refractivity contribution in [3.63, 3.8) is 0 Å². The second-order valence-corrected chi connectivity index (χ2v) is 8.24. The zero-order valence-corrected chi connectivity index (χ0v) is 17.9. The number of carbonyl (C=O) groups is 2. The number of hydrogen-bond donors (Lipinski definition) is 1. The van der Waals surface area contributed by atoms with E-state index in [1.165, 1.54) is 0 Å². The fraction of sp³-hybridized carbons (Fsp3) is 0.652. The van der Waals surface area contributed by atoms with E-state index in [-0.39, 0.29) is 11.8 Å². The zero-order valence-electron chi connectivity index (χ0n) is 17.9. The maximum Gasteiger partial charge on any atom is 0.227 e. The van der Waals surface area contributed by atoms with Crippen LogP contribution < -0.4 is 10.1 Å². The van der Waals surface area contributed by atoms with Crippen molar-refractivity contribution in [1.29, 1.82) is 0 Å². The molecule has 1 aromatic rings. The van der Waals surface area contributed by atoms with Gasteiger partial charge in [-0.25, -0.2) is 0 Å². The van der Waals surface area contributed by atoms with E-state index >= 15 is 0 Å². The molecule has 29 heavy (non-hydrogen) atoms. The molecule has 0 atom stereocenters. The van der Waals surface area contributed by atoms with Crippen LogP contribution in [0, 0.1) is 5.92 Å². The van der Waals surface area contributed by atoms with Gasteiger partial charge in [0.15, 0.2) is 0 Å². The Labute approximate surface area is 174 Å². The smallest absolute Gasteiger partial charge is 0.227 e. The van der Waals surface area contributed by atoms with Crippen molar-refractivity contribution in [3.05, 3.63) is 24.3 Å². The third kappa shape index (κ3) is 5.95. The van der Waals surface area contributed by atoms with Crippen LogP contribution in [0.5, 0.6) is 5.75 Å². The molecule has 1 N–H and O–H groups in total. The highest BCUT2D eigenvalue weighted by Gasteiger charge is 2.31. The summed E-state index contributed by atoms with van der Waals surface area (Å²) in [7, 11) is 1.63. The van der Waals surface area contributed by atoms with Gasteiger partial charge in [0, 0.05) is 37.2 Å². The molecule has 6 heteroatoms. The van der Waals surface area contributed by atoms with Crippen LogP contribution in [0.15, 0.2) is 24.3 Å². The minimum absolute atomic E-state index is 0.0732. The first kappa shape index (κ1) is 21.6. The summed E-state index contributed by atoms with van der Waals surface area (Å²) in [5.74, 6) is 1.30. The monoisotopic (exact) mass is 401 g/mol. The summed E-state index contributed by atoms with van der Waals surface area (Å²) in [4.78, 5) is 29.4. The van der Waals surface area contributed by atoms with E-state index in [9.17, 15) is 9.59 Å². The number of piperidine rings is 2. The van der Waals surface area contributed by atoms with E-state index in [0.717, 1.165) is 76.1 Å². The zero-order chi connectivity index (χ0) is 20.6. The van der Waals surface area contributed by atoms with Crippen LogP contribution in [0.4, 0.5) is 5.69 Å².